The van der Waals surface area contributed by atoms with Crippen molar-refractivity contribution in [2.75, 3.05) is 0 Å². The van der Waals surface area contributed by atoms with E-state index in [1.165, 1.54) is 0 Å². The summed E-state index contributed by atoms with van der Waals surface area (Å²) in [6, 6.07) is 84.0. The normalized spacial score (nSPS) is 11.3. The van der Waals surface area contributed by atoms with Gasteiger partial charge in [-0.25, -0.2) is 24.9 Å². The molecule has 0 aliphatic rings. The summed E-state index contributed by atoms with van der Waals surface area (Å²) in [5, 5.41) is 2.19. The van der Waals surface area contributed by atoms with E-state index in [4.69, 9.17) is 24.9 Å². The van der Waals surface area contributed by atoms with Crippen LogP contribution in [0.25, 0.3) is 118 Å². The molecule has 67 heavy (non-hydrogen) atoms. The first-order chi connectivity index (χ1) is 33.2. The number of hydrogen-bond acceptors (Lipinski definition) is 5. The zero-order valence-electron chi connectivity index (χ0n) is 36.3. The fourth-order valence-corrected chi connectivity index (χ4v) is 8.94. The van der Waals surface area contributed by atoms with Crippen LogP contribution in [-0.4, -0.2) is 29.3 Å². The molecule has 314 valence electrons. The molecule has 0 unspecified atom stereocenters. The smallest absolute Gasteiger partial charge is 0.164 e. The van der Waals surface area contributed by atoms with E-state index in [-0.39, 0.29) is 0 Å². The lowest BCUT2D eigenvalue weighted by Crippen LogP contribution is -2.03. The van der Waals surface area contributed by atoms with Gasteiger partial charge in [0.25, 0.3) is 0 Å². The predicted octanol–water partition coefficient (Wildman–Crippen LogP) is 15.1. The first-order valence-electron chi connectivity index (χ1n) is 22.4. The molecule has 0 aliphatic heterocycles. The van der Waals surface area contributed by atoms with Crippen LogP contribution in [0.2, 0.25) is 0 Å². The van der Waals surface area contributed by atoms with Crippen LogP contribution in [0.1, 0.15) is 0 Å². The molecule has 0 N–H and O–H groups in total. The van der Waals surface area contributed by atoms with Crippen LogP contribution in [0.3, 0.4) is 0 Å². The number of nitrogens with zero attached hydrogens (tertiary/aromatic N) is 6. The third-order valence-corrected chi connectivity index (χ3v) is 12.3. The second-order valence-corrected chi connectivity index (χ2v) is 16.5. The van der Waals surface area contributed by atoms with Crippen molar-refractivity contribution in [2.24, 2.45) is 0 Å². The molecular formula is C61H40N6. The molecular weight excluding hydrogens is 817 g/mol. The molecule has 9 aromatic carbocycles. The summed E-state index contributed by atoms with van der Waals surface area (Å²) >= 11 is 0. The van der Waals surface area contributed by atoms with Crippen molar-refractivity contribution < 1.29 is 0 Å². The van der Waals surface area contributed by atoms with Crippen LogP contribution < -0.4 is 0 Å². The second-order valence-electron chi connectivity index (χ2n) is 16.5. The Balaban J connectivity index is 0.925. The Kier molecular flexibility index (Phi) is 10.1. The van der Waals surface area contributed by atoms with Gasteiger partial charge >= 0.3 is 0 Å². The molecule has 0 aliphatic carbocycles. The van der Waals surface area contributed by atoms with Gasteiger partial charge in [0, 0.05) is 38.6 Å². The van der Waals surface area contributed by atoms with Crippen LogP contribution in [0.4, 0.5) is 0 Å². The first kappa shape index (κ1) is 39.5. The average Bonchev–Trinajstić information content (AvgIpc) is 3.76. The largest absolute Gasteiger partial charge is 0.277 e. The Bertz CT molecular complexity index is 3600. The molecule has 3 heterocycles. The molecule has 0 saturated heterocycles. The maximum Gasteiger partial charge on any atom is 0.164 e. The molecule has 3 aromatic heterocycles. The summed E-state index contributed by atoms with van der Waals surface area (Å²) in [4.78, 5) is 25.8. The summed E-state index contributed by atoms with van der Waals surface area (Å²) in [5.74, 6) is 3.37. The molecule has 12 aromatic rings. The zero-order chi connectivity index (χ0) is 44.5. The Morgan fingerprint density at radius 2 is 0.567 bits per heavy atom. The van der Waals surface area contributed by atoms with Crippen molar-refractivity contribution in [3.05, 3.63) is 243 Å². The van der Waals surface area contributed by atoms with Crippen molar-refractivity contribution in [1.82, 2.24) is 29.3 Å². The number of benzene rings is 9. The van der Waals surface area contributed by atoms with Gasteiger partial charge in [-0.15, -0.1) is 0 Å². The minimum Gasteiger partial charge on any atom is -0.277 e. The van der Waals surface area contributed by atoms with E-state index in [1.54, 1.807) is 0 Å². The van der Waals surface area contributed by atoms with E-state index < -0.39 is 0 Å². The average molecular weight is 857 g/mol. The van der Waals surface area contributed by atoms with E-state index in [0.717, 1.165) is 94.7 Å². The van der Waals surface area contributed by atoms with Gasteiger partial charge in [0.1, 0.15) is 11.5 Å². The van der Waals surface area contributed by atoms with Crippen molar-refractivity contribution in [3.8, 4) is 102 Å². The quantitative estimate of drug-likeness (QED) is 0.145. The van der Waals surface area contributed by atoms with E-state index in [2.05, 4.69) is 211 Å². The van der Waals surface area contributed by atoms with Gasteiger partial charge < -0.3 is 0 Å². The Morgan fingerprint density at radius 3 is 1.09 bits per heavy atom. The predicted molar refractivity (Wildman–Crippen MR) is 273 cm³/mol. The van der Waals surface area contributed by atoms with Crippen molar-refractivity contribution >= 4 is 16.4 Å². The Labute approximate surface area is 388 Å². The fraction of sp³-hybridized carbons (Fsp3) is 0. The molecule has 0 fully saturated rings. The Hall–Kier alpha value is -9.13. The number of fused-ring (bicyclic) bond motifs is 3. The lowest BCUT2D eigenvalue weighted by molar-refractivity contribution is 1.05. The van der Waals surface area contributed by atoms with Crippen molar-refractivity contribution in [1.29, 1.82) is 0 Å². The number of aromatic nitrogens is 6. The Morgan fingerprint density at radius 1 is 0.224 bits per heavy atom. The topological polar surface area (TPSA) is 68.9 Å². The standard InChI is InChI=1S/C61H40N6/c1-5-17-41(18-6-1)49-25-15-27-51(39-49)58-62-56(63-59(64-58)52-28-16-26-50(40-52)42-19-7-2-8-20-42)47-37-33-44(34-38-47)43-31-35-45(36-32-43)55-53-29-13-14-30-54(53)61-66-57(46-21-9-3-10-22-46)65-60(67(55)61)48-23-11-4-12-24-48/h1-40H. The first-order valence-corrected chi connectivity index (χ1v) is 22.4. The fourth-order valence-electron chi connectivity index (χ4n) is 8.94. The lowest BCUT2D eigenvalue weighted by Gasteiger charge is -2.13. The van der Waals surface area contributed by atoms with E-state index in [0.29, 0.717) is 23.3 Å². The van der Waals surface area contributed by atoms with Crippen LogP contribution in [0.5, 0.6) is 0 Å². The maximum absolute atomic E-state index is 5.24. The monoisotopic (exact) mass is 856 g/mol. The highest BCUT2D eigenvalue weighted by Gasteiger charge is 2.21. The molecule has 0 spiro atoms. The van der Waals surface area contributed by atoms with Crippen LogP contribution >= 0.6 is 0 Å². The van der Waals surface area contributed by atoms with E-state index in [1.807, 2.05) is 36.4 Å². The third kappa shape index (κ3) is 7.62. The van der Waals surface area contributed by atoms with Crippen molar-refractivity contribution in [3.63, 3.8) is 0 Å². The van der Waals surface area contributed by atoms with E-state index >= 15 is 0 Å². The third-order valence-electron chi connectivity index (χ3n) is 12.3. The van der Waals surface area contributed by atoms with Gasteiger partial charge in [0.2, 0.25) is 0 Å². The summed E-state index contributed by atoms with van der Waals surface area (Å²) in [6.45, 7) is 0. The SMILES string of the molecule is c1ccc(-c2cccc(-c3nc(-c4ccc(-c5ccc(-c6c7ccccc7c7nc(-c8ccccc8)nc(-c8ccccc8)n67)cc5)cc4)nc(-c4cccc(-c5ccccc5)c4)n3)c2)cc1. The number of hydrogen-bond donors (Lipinski definition) is 0. The second kappa shape index (κ2) is 17.1. The zero-order valence-corrected chi connectivity index (χ0v) is 36.3. The molecule has 0 radical (unpaired) electrons. The summed E-state index contributed by atoms with van der Waals surface area (Å²) in [5.41, 5.74) is 14.4. The molecule has 12 rings (SSSR count). The molecule has 0 saturated carbocycles. The van der Waals surface area contributed by atoms with Gasteiger partial charge in [-0.1, -0.05) is 231 Å². The lowest BCUT2D eigenvalue weighted by atomic mass is 10.00. The molecule has 6 nitrogen and oxygen atoms in total. The molecule has 0 amide bonds. The molecule has 0 bridgehead atoms. The maximum atomic E-state index is 5.24. The minimum atomic E-state index is 0.607. The van der Waals surface area contributed by atoms with Gasteiger partial charge in [0.15, 0.2) is 23.3 Å². The molecule has 0 atom stereocenters. The van der Waals surface area contributed by atoms with Crippen LogP contribution in [0.15, 0.2) is 243 Å². The van der Waals surface area contributed by atoms with Gasteiger partial charge in [-0.2, -0.15) is 0 Å². The van der Waals surface area contributed by atoms with Crippen LogP contribution in [-0.2, 0) is 0 Å². The molecule has 6 heteroatoms. The summed E-state index contributed by atoms with van der Waals surface area (Å²) < 4.78 is 2.23. The summed E-state index contributed by atoms with van der Waals surface area (Å²) in [7, 11) is 0. The van der Waals surface area contributed by atoms with Gasteiger partial charge in [-0.05, 0) is 51.1 Å². The highest BCUT2D eigenvalue weighted by Crippen LogP contribution is 2.39. The van der Waals surface area contributed by atoms with E-state index in [9.17, 15) is 0 Å². The van der Waals surface area contributed by atoms with Gasteiger partial charge in [0.05, 0.1) is 5.69 Å². The highest BCUT2D eigenvalue weighted by molar-refractivity contribution is 6.06. The van der Waals surface area contributed by atoms with Gasteiger partial charge in [-0.3, -0.25) is 4.40 Å². The number of rotatable bonds is 9. The summed E-state index contributed by atoms with van der Waals surface area (Å²) in [6.07, 6.45) is 0. The van der Waals surface area contributed by atoms with Crippen molar-refractivity contribution in [2.45, 2.75) is 0 Å². The highest BCUT2D eigenvalue weighted by atomic mass is 15.1. The minimum absolute atomic E-state index is 0.607. The van der Waals surface area contributed by atoms with Crippen LogP contribution in [0, 0.1) is 0 Å².